The average Bonchev–Trinajstić information content (AvgIpc) is 2.70. The topological polar surface area (TPSA) is 23.5 Å². The molecule has 0 saturated heterocycles. The van der Waals surface area contributed by atoms with Crippen molar-refractivity contribution >= 4 is 0 Å². The van der Waals surface area contributed by atoms with E-state index < -0.39 is 0 Å². The summed E-state index contributed by atoms with van der Waals surface area (Å²) < 4.78 is 0. The number of benzene rings is 3. The van der Waals surface area contributed by atoms with Crippen molar-refractivity contribution in [1.82, 2.24) is 4.90 Å². The van der Waals surface area contributed by atoms with Crippen LogP contribution in [0.3, 0.4) is 0 Å². The van der Waals surface area contributed by atoms with Gasteiger partial charge in [-0.15, -0.1) is 0 Å². The van der Waals surface area contributed by atoms with E-state index in [4.69, 9.17) is 0 Å². The van der Waals surface area contributed by atoms with E-state index >= 15 is 0 Å². The lowest BCUT2D eigenvalue weighted by atomic mass is 9.57. The van der Waals surface area contributed by atoms with Gasteiger partial charge in [0.25, 0.3) is 0 Å². The number of hydrogen-bond donors (Lipinski definition) is 1. The molecule has 5 rings (SSSR count). The molecule has 0 radical (unpaired) electrons. The zero-order valence-electron chi connectivity index (χ0n) is 16.4. The molecule has 0 amide bonds. The van der Waals surface area contributed by atoms with E-state index in [1.807, 2.05) is 12.1 Å². The highest BCUT2D eigenvalue weighted by atomic mass is 16.3. The zero-order valence-corrected chi connectivity index (χ0v) is 16.4. The standard InChI is InChI=1S/C26H27NO/c1-27-17-14-21-18-23(28)12-13-24(21)25(27)26(15-5-16-26)22-10-8-20(9-11-22)19-6-3-2-4-7-19/h2-4,6-13,18,25,28H,5,14-17H2,1H3. The Kier molecular flexibility index (Phi) is 4.25. The molecule has 0 spiro atoms. The monoisotopic (exact) mass is 369 g/mol. The van der Waals surface area contributed by atoms with E-state index in [9.17, 15) is 5.11 Å². The molecule has 1 heterocycles. The first-order chi connectivity index (χ1) is 13.7. The summed E-state index contributed by atoms with van der Waals surface area (Å²) >= 11 is 0. The van der Waals surface area contributed by atoms with Crippen LogP contribution in [0.2, 0.25) is 0 Å². The number of phenolic OH excluding ortho intramolecular Hbond substituents is 1. The van der Waals surface area contributed by atoms with Gasteiger partial charge in [-0.2, -0.15) is 0 Å². The van der Waals surface area contributed by atoms with Crippen molar-refractivity contribution in [1.29, 1.82) is 0 Å². The summed E-state index contributed by atoms with van der Waals surface area (Å²) in [5.74, 6) is 0.386. The van der Waals surface area contributed by atoms with Gasteiger partial charge in [0.15, 0.2) is 0 Å². The molecular formula is C26H27NO. The number of nitrogens with zero attached hydrogens (tertiary/aromatic N) is 1. The van der Waals surface area contributed by atoms with Crippen LogP contribution in [0.15, 0.2) is 72.8 Å². The fourth-order valence-electron chi connectivity index (χ4n) is 5.36. The van der Waals surface area contributed by atoms with Crippen LogP contribution in [-0.4, -0.2) is 23.6 Å². The summed E-state index contributed by atoms with van der Waals surface area (Å²) in [4.78, 5) is 2.53. The second-order valence-corrected chi connectivity index (χ2v) is 8.47. The maximum Gasteiger partial charge on any atom is 0.115 e. The van der Waals surface area contributed by atoms with E-state index in [1.165, 1.54) is 47.1 Å². The Hall–Kier alpha value is -2.58. The first-order valence-corrected chi connectivity index (χ1v) is 10.4. The van der Waals surface area contributed by atoms with E-state index in [0.29, 0.717) is 11.8 Å². The molecular weight excluding hydrogens is 342 g/mol. The summed E-state index contributed by atoms with van der Waals surface area (Å²) in [6.07, 6.45) is 4.76. The molecule has 1 fully saturated rings. The maximum atomic E-state index is 9.96. The van der Waals surface area contributed by atoms with Crippen molar-refractivity contribution in [2.75, 3.05) is 13.6 Å². The fourth-order valence-corrected chi connectivity index (χ4v) is 5.36. The van der Waals surface area contributed by atoms with Crippen LogP contribution in [0.25, 0.3) is 11.1 Å². The predicted octanol–water partition coefficient (Wildman–Crippen LogP) is 5.71. The van der Waals surface area contributed by atoms with E-state index in [1.54, 1.807) is 0 Å². The summed E-state index contributed by atoms with van der Waals surface area (Å²) in [6, 6.07) is 26.2. The highest BCUT2D eigenvalue weighted by Gasteiger charge is 2.49. The van der Waals surface area contributed by atoms with Crippen molar-refractivity contribution in [3.05, 3.63) is 89.5 Å². The minimum Gasteiger partial charge on any atom is -0.508 e. The van der Waals surface area contributed by atoms with Gasteiger partial charge in [0, 0.05) is 18.0 Å². The highest BCUT2D eigenvalue weighted by molar-refractivity contribution is 5.64. The minimum atomic E-state index is 0.177. The molecule has 142 valence electrons. The number of aromatic hydroxyl groups is 1. The fraction of sp³-hybridized carbons (Fsp3) is 0.308. The SMILES string of the molecule is CN1CCc2cc(O)ccc2C1C1(c2ccc(-c3ccccc3)cc2)CCC1. The molecule has 1 aliphatic heterocycles. The van der Waals surface area contributed by atoms with Crippen molar-refractivity contribution in [2.45, 2.75) is 37.1 Å². The van der Waals surface area contributed by atoms with E-state index in [2.05, 4.69) is 72.6 Å². The molecule has 1 unspecified atom stereocenters. The Morgan fingerprint density at radius 1 is 0.893 bits per heavy atom. The lowest BCUT2D eigenvalue weighted by Crippen LogP contribution is -2.49. The quantitative estimate of drug-likeness (QED) is 0.639. The van der Waals surface area contributed by atoms with Crippen molar-refractivity contribution in [3.8, 4) is 16.9 Å². The van der Waals surface area contributed by atoms with Crippen LogP contribution in [0.4, 0.5) is 0 Å². The highest BCUT2D eigenvalue weighted by Crippen LogP contribution is 2.56. The molecule has 1 saturated carbocycles. The number of rotatable bonds is 3. The van der Waals surface area contributed by atoms with Gasteiger partial charge in [0.05, 0.1) is 0 Å². The largest absolute Gasteiger partial charge is 0.508 e. The smallest absolute Gasteiger partial charge is 0.115 e. The van der Waals surface area contributed by atoms with Gasteiger partial charge >= 0.3 is 0 Å². The second-order valence-electron chi connectivity index (χ2n) is 8.47. The molecule has 2 nitrogen and oxygen atoms in total. The second kappa shape index (κ2) is 6.79. The normalized spacial score (nSPS) is 21.0. The van der Waals surface area contributed by atoms with Crippen molar-refractivity contribution in [3.63, 3.8) is 0 Å². The van der Waals surface area contributed by atoms with Crippen LogP contribution < -0.4 is 0 Å². The number of likely N-dealkylation sites (N-methyl/N-ethyl adjacent to an activating group) is 1. The molecule has 1 N–H and O–H groups in total. The van der Waals surface area contributed by atoms with Gasteiger partial charge in [0.1, 0.15) is 5.75 Å². The third-order valence-electron chi connectivity index (χ3n) is 6.93. The lowest BCUT2D eigenvalue weighted by Gasteiger charge is -2.53. The number of phenols is 1. The molecule has 2 aliphatic rings. The first-order valence-electron chi connectivity index (χ1n) is 10.4. The molecule has 0 aromatic heterocycles. The van der Waals surface area contributed by atoms with Crippen molar-refractivity contribution < 1.29 is 5.11 Å². The van der Waals surface area contributed by atoms with Crippen LogP contribution in [-0.2, 0) is 11.8 Å². The van der Waals surface area contributed by atoms with Gasteiger partial charge in [-0.05, 0) is 66.3 Å². The maximum absolute atomic E-state index is 9.96. The molecule has 0 bridgehead atoms. The van der Waals surface area contributed by atoms with Crippen LogP contribution >= 0.6 is 0 Å². The number of hydrogen-bond acceptors (Lipinski definition) is 2. The Labute approximate surface area is 167 Å². The molecule has 3 aromatic rings. The summed E-state index contributed by atoms with van der Waals surface area (Å²) in [5.41, 5.74) is 6.90. The third kappa shape index (κ3) is 2.75. The Morgan fingerprint density at radius 3 is 2.29 bits per heavy atom. The zero-order chi connectivity index (χ0) is 19.1. The Morgan fingerprint density at radius 2 is 1.61 bits per heavy atom. The summed E-state index contributed by atoms with van der Waals surface area (Å²) in [7, 11) is 2.26. The molecule has 3 aromatic carbocycles. The van der Waals surface area contributed by atoms with Gasteiger partial charge < -0.3 is 5.11 Å². The van der Waals surface area contributed by atoms with Crippen LogP contribution in [0.5, 0.6) is 5.75 Å². The molecule has 28 heavy (non-hydrogen) atoms. The molecule has 1 aliphatic carbocycles. The minimum absolute atomic E-state index is 0.177. The van der Waals surface area contributed by atoms with Crippen LogP contribution in [0.1, 0.15) is 42.0 Å². The Bertz CT molecular complexity index is 973. The molecule has 2 heteroatoms. The molecule has 1 atom stereocenters. The first kappa shape index (κ1) is 17.5. The lowest BCUT2D eigenvalue weighted by molar-refractivity contribution is 0.0717. The van der Waals surface area contributed by atoms with Crippen LogP contribution in [0, 0.1) is 0 Å². The number of fused-ring (bicyclic) bond motifs is 1. The van der Waals surface area contributed by atoms with Gasteiger partial charge in [-0.3, -0.25) is 4.90 Å². The van der Waals surface area contributed by atoms with Gasteiger partial charge in [-0.1, -0.05) is 67.1 Å². The summed E-state index contributed by atoms with van der Waals surface area (Å²) in [5, 5.41) is 9.96. The average molecular weight is 370 g/mol. The predicted molar refractivity (Wildman–Crippen MR) is 115 cm³/mol. The summed E-state index contributed by atoms with van der Waals surface area (Å²) in [6.45, 7) is 1.05. The van der Waals surface area contributed by atoms with Crippen molar-refractivity contribution in [2.24, 2.45) is 0 Å². The van der Waals surface area contributed by atoms with E-state index in [0.717, 1.165) is 13.0 Å². The van der Waals surface area contributed by atoms with Gasteiger partial charge in [0.2, 0.25) is 0 Å². The Balaban J connectivity index is 1.55. The van der Waals surface area contributed by atoms with Gasteiger partial charge in [-0.25, -0.2) is 0 Å². The third-order valence-corrected chi connectivity index (χ3v) is 6.93. The van der Waals surface area contributed by atoms with E-state index in [-0.39, 0.29) is 5.41 Å².